The lowest BCUT2D eigenvalue weighted by atomic mass is 9.97. The van der Waals surface area contributed by atoms with Crippen molar-refractivity contribution in [1.29, 1.82) is 0 Å². The number of hydrogen-bond donors (Lipinski definition) is 0. The quantitative estimate of drug-likeness (QED) is 0.638. The van der Waals surface area contributed by atoms with Crippen LogP contribution in [-0.2, 0) is 9.63 Å². The molecule has 2 aromatic carbocycles. The summed E-state index contributed by atoms with van der Waals surface area (Å²) in [5.74, 6) is 0.369. The van der Waals surface area contributed by atoms with E-state index in [-0.39, 0.29) is 0 Å². The summed E-state index contributed by atoms with van der Waals surface area (Å²) < 4.78 is 5.42. The van der Waals surface area contributed by atoms with Crippen LogP contribution in [0.1, 0.15) is 23.6 Å². The SMILES string of the molecule is CCOc1ccc(C=C2C(=O)ON=C2c2ccccc2C)cc1. The minimum Gasteiger partial charge on any atom is -0.494 e. The van der Waals surface area contributed by atoms with E-state index >= 15 is 0 Å². The minimum atomic E-state index is -0.433. The van der Waals surface area contributed by atoms with Gasteiger partial charge in [0, 0.05) is 5.56 Å². The third kappa shape index (κ3) is 3.16. The number of oxime groups is 1. The predicted octanol–water partition coefficient (Wildman–Crippen LogP) is 3.74. The van der Waals surface area contributed by atoms with Crippen molar-refractivity contribution < 1.29 is 14.4 Å². The molecule has 1 aliphatic rings. The van der Waals surface area contributed by atoms with Crippen molar-refractivity contribution in [2.75, 3.05) is 6.61 Å². The number of benzene rings is 2. The standard InChI is InChI=1S/C19H17NO3/c1-3-22-15-10-8-14(9-11-15)12-17-18(20-23-19(17)21)16-7-5-4-6-13(16)2/h4-12H,3H2,1-2H3. The number of hydrogen-bond acceptors (Lipinski definition) is 4. The van der Waals surface area contributed by atoms with Gasteiger partial charge in [-0.2, -0.15) is 0 Å². The lowest BCUT2D eigenvalue weighted by Crippen LogP contribution is -2.08. The molecular formula is C19H17NO3. The highest BCUT2D eigenvalue weighted by Crippen LogP contribution is 2.23. The summed E-state index contributed by atoms with van der Waals surface area (Å²) in [5, 5.41) is 3.95. The van der Waals surface area contributed by atoms with Crippen molar-refractivity contribution in [2.24, 2.45) is 5.16 Å². The van der Waals surface area contributed by atoms with Gasteiger partial charge in [-0.15, -0.1) is 0 Å². The Morgan fingerprint density at radius 3 is 2.57 bits per heavy atom. The van der Waals surface area contributed by atoms with Crippen molar-refractivity contribution >= 4 is 17.8 Å². The fourth-order valence-electron chi connectivity index (χ4n) is 2.44. The molecule has 1 heterocycles. The van der Waals surface area contributed by atoms with Crippen LogP contribution in [0.2, 0.25) is 0 Å². The first-order valence-corrected chi connectivity index (χ1v) is 7.49. The normalized spacial score (nSPS) is 15.5. The van der Waals surface area contributed by atoms with Crippen LogP contribution in [0.15, 0.2) is 59.3 Å². The van der Waals surface area contributed by atoms with E-state index in [0.29, 0.717) is 17.9 Å². The zero-order chi connectivity index (χ0) is 16.2. The molecule has 1 aliphatic heterocycles. The number of rotatable bonds is 4. The molecule has 23 heavy (non-hydrogen) atoms. The van der Waals surface area contributed by atoms with Crippen molar-refractivity contribution in [3.05, 3.63) is 70.8 Å². The van der Waals surface area contributed by atoms with E-state index < -0.39 is 5.97 Å². The maximum atomic E-state index is 12.0. The monoisotopic (exact) mass is 307 g/mol. The first-order valence-electron chi connectivity index (χ1n) is 7.49. The van der Waals surface area contributed by atoms with Gasteiger partial charge in [0.1, 0.15) is 11.5 Å². The van der Waals surface area contributed by atoms with E-state index in [9.17, 15) is 4.79 Å². The largest absolute Gasteiger partial charge is 0.494 e. The summed E-state index contributed by atoms with van der Waals surface area (Å²) in [4.78, 5) is 16.9. The first kappa shape index (κ1) is 15.0. The zero-order valence-corrected chi connectivity index (χ0v) is 13.1. The lowest BCUT2D eigenvalue weighted by molar-refractivity contribution is -0.136. The van der Waals surface area contributed by atoms with E-state index in [0.717, 1.165) is 22.4 Å². The Labute approximate surface area is 135 Å². The van der Waals surface area contributed by atoms with Gasteiger partial charge >= 0.3 is 5.97 Å². The molecule has 0 saturated carbocycles. The summed E-state index contributed by atoms with van der Waals surface area (Å²) in [5.41, 5.74) is 3.87. The summed E-state index contributed by atoms with van der Waals surface area (Å²) in [6, 6.07) is 15.3. The second kappa shape index (κ2) is 6.48. The highest BCUT2D eigenvalue weighted by Gasteiger charge is 2.27. The second-order valence-electron chi connectivity index (χ2n) is 5.19. The highest BCUT2D eigenvalue weighted by molar-refractivity contribution is 6.31. The van der Waals surface area contributed by atoms with Crippen LogP contribution in [0.5, 0.6) is 5.75 Å². The highest BCUT2D eigenvalue weighted by atomic mass is 16.7. The molecule has 0 radical (unpaired) electrons. The third-order valence-corrected chi connectivity index (χ3v) is 3.60. The van der Waals surface area contributed by atoms with Gasteiger partial charge in [0.05, 0.1) is 12.2 Å². The smallest absolute Gasteiger partial charge is 0.368 e. The molecule has 4 nitrogen and oxygen atoms in total. The van der Waals surface area contributed by atoms with Gasteiger partial charge in [0.25, 0.3) is 0 Å². The summed E-state index contributed by atoms with van der Waals surface area (Å²) in [6.45, 7) is 4.54. The van der Waals surface area contributed by atoms with Gasteiger partial charge in [-0.25, -0.2) is 4.79 Å². The Balaban J connectivity index is 1.95. The molecule has 0 atom stereocenters. The summed E-state index contributed by atoms with van der Waals surface area (Å²) in [6.07, 6.45) is 1.79. The van der Waals surface area contributed by atoms with E-state index in [1.54, 1.807) is 6.08 Å². The van der Waals surface area contributed by atoms with Crippen LogP contribution in [0.25, 0.3) is 6.08 Å². The Bertz CT molecular complexity index is 789. The number of carbonyl (C=O) groups excluding carboxylic acids is 1. The molecule has 0 aromatic heterocycles. The number of aryl methyl sites for hydroxylation is 1. The predicted molar refractivity (Wildman–Crippen MR) is 89.4 cm³/mol. The molecule has 0 amide bonds. The number of nitrogens with zero attached hydrogens (tertiary/aromatic N) is 1. The molecular weight excluding hydrogens is 290 g/mol. The van der Waals surface area contributed by atoms with Crippen molar-refractivity contribution in [2.45, 2.75) is 13.8 Å². The second-order valence-corrected chi connectivity index (χ2v) is 5.19. The fraction of sp³-hybridized carbons (Fsp3) is 0.158. The Hall–Kier alpha value is -2.88. The van der Waals surface area contributed by atoms with Gasteiger partial charge in [0.2, 0.25) is 0 Å². The van der Waals surface area contributed by atoms with Gasteiger partial charge in [-0.1, -0.05) is 41.6 Å². The first-order chi connectivity index (χ1) is 11.2. The Morgan fingerprint density at radius 1 is 1.13 bits per heavy atom. The molecule has 3 rings (SSSR count). The van der Waals surface area contributed by atoms with E-state index in [4.69, 9.17) is 9.57 Å². The van der Waals surface area contributed by atoms with Crippen molar-refractivity contribution in [3.8, 4) is 5.75 Å². The zero-order valence-electron chi connectivity index (χ0n) is 13.1. The van der Waals surface area contributed by atoms with Crippen LogP contribution < -0.4 is 4.74 Å². The van der Waals surface area contributed by atoms with Gasteiger partial charge in [-0.05, 0) is 43.2 Å². The van der Waals surface area contributed by atoms with Crippen molar-refractivity contribution in [3.63, 3.8) is 0 Å². The number of carbonyl (C=O) groups is 1. The molecule has 116 valence electrons. The average molecular weight is 307 g/mol. The van der Waals surface area contributed by atoms with Gasteiger partial charge in [0.15, 0.2) is 0 Å². The molecule has 0 unspecified atom stereocenters. The molecule has 0 spiro atoms. The molecule has 0 fully saturated rings. The Kier molecular flexibility index (Phi) is 4.24. The molecule has 0 saturated heterocycles. The van der Waals surface area contributed by atoms with E-state index in [1.165, 1.54) is 0 Å². The van der Waals surface area contributed by atoms with Crippen LogP contribution in [0, 0.1) is 6.92 Å². The van der Waals surface area contributed by atoms with Gasteiger partial charge < -0.3 is 9.57 Å². The van der Waals surface area contributed by atoms with Crippen LogP contribution in [0.4, 0.5) is 0 Å². The Morgan fingerprint density at radius 2 is 1.87 bits per heavy atom. The fourth-order valence-corrected chi connectivity index (χ4v) is 2.44. The lowest BCUT2D eigenvalue weighted by Gasteiger charge is -2.05. The molecule has 2 aromatic rings. The van der Waals surface area contributed by atoms with Crippen LogP contribution in [-0.4, -0.2) is 18.3 Å². The van der Waals surface area contributed by atoms with Gasteiger partial charge in [-0.3, -0.25) is 0 Å². The maximum absolute atomic E-state index is 12.0. The van der Waals surface area contributed by atoms with E-state index in [2.05, 4.69) is 5.16 Å². The average Bonchev–Trinajstić information content (AvgIpc) is 2.91. The van der Waals surface area contributed by atoms with Crippen LogP contribution in [0.3, 0.4) is 0 Å². The minimum absolute atomic E-state index is 0.433. The third-order valence-electron chi connectivity index (χ3n) is 3.60. The van der Waals surface area contributed by atoms with E-state index in [1.807, 2.05) is 62.4 Å². The summed E-state index contributed by atoms with van der Waals surface area (Å²) in [7, 11) is 0. The number of ether oxygens (including phenoxy) is 1. The molecule has 0 bridgehead atoms. The topological polar surface area (TPSA) is 47.9 Å². The molecule has 0 aliphatic carbocycles. The summed E-state index contributed by atoms with van der Waals surface area (Å²) >= 11 is 0. The van der Waals surface area contributed by atoms with Crippen LogP contribution >= 0.6 is 0 Å². The molecule has 4 heteroatoms. The maximum Gasteiger partial charge on any atom is 0.368 e. The van der Waals surface area contributed by atoms with Crippen molar-refractivity contribution in [1.82, 2.24) is 0 Å². The molecule has 0 N–H and O–H groups in total.